The topological polar surface area (TPSA) is 59.1 Å². The van der Waals surface area contributed by atoms with Crippen LogP contribution in [0.25, 0.3) is 10.9 Å². The molecule has 4 nitrogen and oxygen atoms in total. The lowest BCUT2D eigenvalue weighted by Gasteiger charge is -2.11. The summed E-state index contributed by atoms with van der Waals surface area (Å²) >= 11 is 6.69. The van der Waals surface area contributed by atoms with Crippen molar-refractivity contribution in [1.29, 1.82) is 0 Å². The number of rotatable bonds is 3. The molecule has 0 radical (unpaired) electrons. The van der Waals surface area contributed by atoms with Crippen molar-refractivity contribution in [3.63, 3.8) is 0 Å². The van der Waals surface area contributed by atoms with Gasteiger partial charge in [-0.05, 0) is 46.3 Å². The van der Waals surface area contributed by atoms with Crippen LogP contribution in [0.5, 0.6) is 0 Å². The Morgan fingerprint density at radius 3 is 2.55 bits per heavy atom. The zero-order valence-electron chi connectivity index (χ0n) is 11.1. The molecule has 1 heterocycles. The van der Waals surface area contributed by atoms with Gasteiger partial charge in [0.2, 0.25) is 0 Å². The number of aromatic nitrogens is 1. The zero-order valence-corrected chi connectivity index (χ0v) is 15.1. The summed E-state index contributed by atoms with van der Waals surface area (Å²) in [5.41, 5.74) is 0.918. The van der Waals surface area contributed by atoms with E-state index in [-0.39, 0.29) is 4.90 Å². The van der Waals surface area contributed by atoms with E-state index in [0.717, 1.165) is 9.86 Å². The first-order chi connectivity index (χ1) is 10.5. The van der Waals surface area contributed by atoms with Gasteiger partial charge in [-0.3, -0.25) is 9.71 Å². The number of hydrogen-bond donors (Lipinski definition) is 1. The van der Waals surface area contributed by atoms with Gasteiger partial charge in [0.15, 0.2) is 0 Å². The second kappa shape index (κ2) is 5.98. The van der Waals surface area contributed by atoms with E-state index in [0.29, 0.717) is 15.7 Å². The maximum absolute atomic E-state index is 12.7. The van der Waals surface area contributed by atoms with Crippen LogP contribution in [0.1, 0.15) is 0 Å². The first-order valence-electron chi connectivity index (χ1n) is 6.29. The van der Waals surface area contributed by atoms with Crippen molar-refractivity contribution in [2.24, 2.45) is 0 Å². The van der Waals surface area contributed by atoms with Gasteiger partial charge in [-0.1, -0.05) is 34.1 Å². The summed E-state index contributed by atoms with van der Waals surface area (Å²) in [5, 5.41) is 0.778. The van der Waals surface area contributed by atoms with Gasteiger partial charge in [-0.2, -0.15) is 0 Å². The molecule has 3 aromatic rings. The predicted octanol–water partition coefficient (Wildman–Crippen LogP) is 4.56. The standard InChI is InChI=1S/C15H10Br2N2O2S/c16-11-6-7-13(12(17)9-11)19-22(20,21)14-5-1-3-10-4-2-8-18-15(10)14/h1-9,19H. The summed E-state index contributed by atoms with van der Waals surface area (Å²) < 4.78 is 29.4. The van der Waals surface area contributed by atoms with E-state index in [2.05, 4.69) is 41.6 Å². The Kier molecular flexibility index (Phi) is 4.20. The Hall–Kier alpha value is -1.44. The Labute approximate surface area is 144 Å². The molecule has 0 atom stereocenters. The van der Waals surface area contributed by atoms with Crippen LogP contribution in [0, 0.1) is 0 Å². The Bertz CT molecular complexity index is 953. The molecule has 0 aliphatic rings. The highest BCUT2D eigenvalue weighted by Gasteiger charge is 2.19. The molecular weight excluding hydrogens is 432 g/mol. The number of anilines is 1. The number of fused-ring (bicyclic) bond motifs is 1. The molecule has 22 heavy (non-hydrogen) atoms. The molecule has 112 valence electrons. The second-order valence-corrected chi connectivity index (χ2v) is 7.98. The minimum Gasteiger partial charge on any atom is -0.278 e. The molecule has 0 aliphatic heterocycles. The van der Waals surface area contributed by atoms with Gasteiger partial charge in [0, 0.05) is 20.5 Å². The van der Waals surface area contributed by atoms with Gasteiger partial charge in [-0.15, -0.1) is 0 Å². The number of nitrogens with one attached hydrogen (secondary N) is 1. The van der Waals surface area contributed by atoms with Crippen LogP contribution in [0.3, 0.4) is 0 Å². The molecule has 0 aliphatic carbocycles. The minimum absolute atomic E-state index is 0.153. The Balaban J connectivity index is 2.09. The first-order valence-corrected chi connectivity index (χ1v) is 9.36. The number of para-hydroxylation sites is 1. The van der Waals surface area contributed by atoms with E-state index in [1.165, 1.54) is 0 Å². The molecule has 7 heteroatoms. The van der Waals surface area contributed by atoms with Gasteiger partial charge in [0.25, 0.3) is 10.0 Å². The van der Waals surface area contributed by atoms with Crippen LogP contribution in [0.4, 0.5) is 5.69 Å². The molecule has 0 unspecified atom stereocenters. The molecule has 3 rings (SSSR count). The molecule has 1 aromatic heterocycles. The van der Waals surface area contributed by atoms with Gasteiger partial charge < -0.3 is 0 Å². The summed E-state index contributed by atoms with van der Waals surface area (Å²) in [6.45, 7) is 0. The molecule has 0 saturated carbocycles. The molecule has 0 fully saturated rings. The van der Waals surface area contributed by atoms with E-state index in [9.17, 15) is 8.42 Å². The summed E-state index contributed by atoms with van der Waals surface area (Å²) in [5.74, 6) is 0. The SMILES string of the molecule is O=S(=O)(Nc1ccc(Br)cc1Br)c1cccc2cccnc12. The normalized spacial score (nSPS) is 11.5. The smallest absolute Gasteiger partial charge is 0.264 e. The number of pyridine rings is 1. The molecule has 0 saturated heterocycles. The number of sulfonamides is 1. The van der Waals surface area contributed by atoms with Crippen LogP contribution in [-0.4, -0.2) is 13.4 Å². The summed E-state index contributed by atoms with van der Waals surface area (Å²) in [4.78, 5) is 4.34. The average Bonchev–Trinajstić information content (AvgIpc) is 2.49. The quantitative estimate of drug-likeness (QED) is 0.647. The summed E-state index contributed by atoms with van der Waals surface area (Å²) in [7, 11) is -3.73. The number of nitrogens with zero attached hydrogens (tertiary/aromatic N) is 1. The molecule has 2 aromatic carbocycles. The van der Waals surface area contributed by atoms with Gasteiger partial charge in [-0.25, -0.2) is 8.42 Å². The van der Waals surface area contributed by atoms with Crippen LogP contribution >= 0.6 is 31.9 Å². The molecule has 1 N–H and O–H groups in total. The van der Waals surface area contributed by atoms with Crippen molar-refractivity contribution < 1.29 is 8.42 Å². The van der Waals surface area contributed by atoms with Crippen molar-refractivity contribution in [1.82, 2.24) is 4.98 Å². The van der Waals surface area contributed by atoms with Crippen molar-refractivity contribution >= 4 is 58.5 Å². The highest BCUT2D eigenvalue weighted by molar-refractivity contribution is 9.11. The third kappa shape index (κ3) is 3.02. The molecule has 0 amide bonds. The van der Waals surface area contributed by atoms with E-state index in [4.69, 9.17) is 0 Å². The number of halogens is 2. The minimum atomic E-state index is -3.73. The van der Waals surface area contributed by atoms with E-state index < -0.39 is 10.0 Å². The fraction of sp³-hybridized carbons (Fsp3) is 0. The highest BCUT2D eigenvalue weighted by Crippen LogP contribution is 2.29. The van der Waals surface area contributed by atoms with Crippen LogP contribution in [-0.2, 0) is 10.0 Å². The van der Waals surface area contributed by atoms with E-state index >= 15 is 0 Å². The maximum atomic E-state index is 12.7. The summed E-state index contributed by atoms with van der Waals surface area (Å²) in [6.07, 6.45) is 1.58. The first kappa shape index (κ1) is 15.5. The molecule has 0 spiro atoms. The van der Waals surface area contributed by atoms with Crippen LogP contribution < -0.4 is 4.72 Å². The number of hydrogen-bond acceptors (Lipinski definition) is 3. The fourth-order valence-corrected chi connectivity index (χ4v) is 4.60. The van der Waals surface area contributed by atoms with Crippen molar-refractivity contribution in [2.75, 3.05) is 4.72 Å². The third-order valence-electron chi connectivity index (χ3n) is 3.06. The highest BCUT2D eigenvalue weighted by atomic mass is 79.9. The predicted molar refractivity (Wildman–Crippen MR) is 94.4 cm³/mol. The zero-order chi connectivity index (χ0) is 15.7. The van der Waals surface area contributed by atoms with Crippen molar-refractivity contribution in [2.45, 2.75) is 4.90 Å². The van der Waals surface area contributed by atoms with Crippen LogP contribution in [0.2, 0.25) is 0 Å². The molecular formula is C15H10Br2N2O2S. The second-order valence-electron chi connectivity index (χ2n) is 4.56. The third-order valence-corrected chi connectivity index (χ3v) is 5.61. The largest absolute Gasteiger partial charge is 0.278 e. The summed E-state index contributed by atoms with van der Waals surface area (Å²) in [6, 6.07) is 13.9. The lowest BCUT2D eigenvalue weighted by molar-refractivity contribution is 0.602. The van der Waals surface area contributed by atoms with Crippen molar-refractivity contribution in [3.8, 4) is 0 Å². The van der Waals surface area contributed by atoms with E-state index in [1.807, 2.05) is 12.1 Å². The fourth-order valence-electron chi connectivity index (χ4n) is 2.07. The lowest BCUT2D eigenvalue weighted by Crippen LogP contribution is -2.14. The monoisotopic (exact) mass is 440 g/mol. The van der Waals surface area contributed by atoms with Crippen molar-refractivity contribution in [3.05, 3.63) is 63.7 Å². The Morgan fingerprint density at radius 2 is 1.77 bits per heavy atom. The van der Waals surface area contributed by atoms with Crippen LogP contribution in [0.15, 0.2) is 68.6 Å². The average molecular weight is 442 g/mol. The Morgan fingerprint density at radius 1 is 1.00 bits per heavy atom. The molecule has 0 bridgehead atoms. The lowest BCUT2D eigenvalue weighted by atomic mass is 10.2. The van der Waals surface area contributed by atoms with E-state index in [1.54, 1.807) is 42.6 Å². The maximum Gasteiger partial charge on any atom is 0.264 e. The van der Waals surface area contributed by atoms with Gasteiger partial charge in [0.05, 0.1) is 11.2 Å². The van der Waals surface area contributed by atoms with Gasteiger partial charge >= 0.3 is 0 Å². The van der Waals surface area contributed by atoms with Gasteiger partial charge in [0.1, 0.15) is 4.90 Å². The number of benzene rings is 2.